The summed E-state index contributed by atoms with van der Waals surface area (Å²) in [5.41, 5.74) is 4.50. The third kappa shape index (κ3) is 2.92. The van der Waals surface area contributed by atoms with E-state index in [0.717, 1.165) is 12.5 Å². The second-order valence-electron chi connectivity index (χ2n) is 5.97. The van der Waals surface area contributed by atoms with Gasteiger partial charge in [-0.25, -0.2) is 0 Å². The van der Waals surface area contributed by atoms with Crippen LogP contribution in [0.25, 0.3) is 6.08 Å². The van der Waals surface area contributed by atoms with Crippen LogP contribution in [0.4, 0.5) is 0 Å². The Balaban J connectivity index is 1.78. The lowest BCUT2D eigenvalue weighted by Crippen LogP contribution is -2.46. The molecule has 1 heteroatoms. The molecule has 1 aliphatic carbocycles. The fraction of sp³-hybridized carbons (Fsp3) is 0.556. The lowest BCUT2D eigenvalue weighted by atomic mass is 9.86. The fourth-order valence-corrected chi connectivity index (χ4v) is 3.32. The van der Waals surface area contributed by atoms with E-state index in [-0.39, 0.29) is 0 Å². The van der Waals surface area contributed by atoms with E-state index in [0.29, 0.717) is 0 Å². The van der Waals surface area contributed by atoms with Crippen LogP contribution in [0.5, 0.6) is 0 Å². The molecule has 3 rings (SSSR count). The Morgan fingerprint density at radius 1 is 1.11 bits per heavy atom. The minimum absolute atomic E-state index is 0.744. The van der Waals surface area contributed by atoms with Gasteiger partial charge in [0.25, 0.3) is 0 Å². The van der Waals surface area contributed by atoms with Crippen LogP contribution in [0, 0.1) is 0 Å². The largest absolute Gasteiger partial charge is 0.297 e. The second kappa shape index (κ2) is 5.92. The average Bonchev–Trinajstić information content (AvgIpc) is 2.40. The number of likely N-dealkylation sites (tertiary alicyclic amines) is 1. The predicted octanol–water partition coefficient (Wildman–Crippen LogP) is 4.28. The van der Waals surface area contributed by atoms with Gasteiger partial charge in [0.1, 0.15) is 0 Å². The first kappa shape index (κ1) is 12.9. The maximum absolute atomic E-state index is 2.67. The number of hydrogen-bond donors (Lipinski definition) is 0. The lowest BCUT2D eigenvalue weighted by Gasteiger charge is -2.42. The highest BCUT2D eigenvalue weighted by molar-refractivity contribution is 5.55. The molecule has 0 amide bonds. The monoisotopic (exact) mass is 255 g/mol. The number of rotatable bonds is 3. The SMILES string of the molecule is CCc1ccc(C=C2CCCCC2N2CCC2)cc1. The Morgan fingerprint density at radius 3 is 2.53 bits per heavy atom. The van der Waals surface area contributed by atoms with Crippen molar-refractivity contribution in [1.29, 1.82) is 0 Å². The molecule has 1 atom stereocenters. The van der Waals surface area contributed by atoms with Gasteiger partial charge in [-0.05, 0) is 56.3 Å². The van der Waals surface area contributed by atoms with E-state index >= 15 is 0 Å². The van der Waals surface area contributed by atoms with E-state index in [1.807, 2.05) is 0 Å². The average molecular weight is 255 g/mol. The topological polar surface area (TPSA) is 3.24 Å². The highest BCUT2D eigenvalue weighted by Gasteiger charge is 2.28. The van der Waals surface area contributed by atoms with Gasteiger partial charge in [0.2, 0.25) is 0 Å². The smallest absolute Gasteiger partial charge is 0.0310 e. The molecule has 1 saturated carbocycles. The van der Waals surface area contributed by atoms with Gasteiger partial charge in [0.05, 0.1) is 0 Å². The molecule has 0 bridgehead atoms. The third-order valence-electron chi connectivity index (χ3n) is 4.69. The van der Waals surface area contributed by atoms with Gasteiger partial charge in [0, 0.05) is 6.04 Å². The molecule has 0 spiro atoms. The van der Waals surface area contributed by atoms with E-state index in [4.69, 9.17) is 0 Å². The highest BCUT2D eigenvalue weighted by Crippen LogP contribution is 2.31. The summed E-state index contributed by atoms with van der Waals surface area (Å²) in [5, 5.41) is 0. The van der Waals surface area contributed by atoms with Crippen molar-refractivity contribution in [3.05, 3.63) is 41.0 Å². The van der Waals surface area contributed by atoms with Gasteiger partial charge in [-0.2, -0.15) is 0 Å². The van der Waals surface area contributed by atoms with Crippen molar-refractivity contribution in [2.24, 2.45) is 0 Å². The van der Waals surface area contributed by atoms with Gasteiger partial charge >= 0.3 is 0 Å². The standard InChI is InChI=1S/C18H25N/c1-2-15-8-10-16(11-9-15)14-17-6-3-4-7-18(17)19-12-5-13-19/h8-11,14,18H,2-7,12-13H2,1H3. The van der Waals surface area contributed by atoms with Crippen molar-refractivity contribution in [2.75, 3.05) is 13.1 Å². The van der Waals surface area contributed by atoms with Crippen molar-refractivity contribution in [3.63, 3.8) is 0 Å². The van der Waals surface area contributed by atoms with Gasteiger partial charge in [0.15, 0.2) is 0 Å². The molecule has 1 nitrogen and oxygen atoms in total. The maximum Gasteiger partial charge on any atom is 0.0310 e. The number of benzene rings is 1. The van der Waals surface area contributed by atoms with E-state index < -0.39 is 0 Å². The first-order valence-electron chi connectivity index (χ1n) is 7.90. The summed E-state index contributed by atoms with van der Waals surface area (Å²) in [6, 6.07) is 9.86. The van der Waals surface area contributed by atoms with E-state index in [9.17, 15) is 0 Å². The summed E-state index contributed by atoms with van der Waals surface area (Å²) >= 11 is 0. The molecule has 1 unspecified atom stereocenters. The van der Waals surface area contributed by atoms with Crippen LogP contribution in [0.2, 0.25) is 0 Å². The number of aryl methyl sites for hydroxylation is 1. The molecule has 2 fully saturated rings. The quantitative estimate of drug-likeness (QED) is 0.779. The highest BCUT2D eigenvalue weighted by atomic mass is 15.2. The van der Waals surface area contributed by atoms with Gasteiger partial charge in [-0.1, -0.05) is 49.3 Å². The molecule has 1 aliphatic heterocycles. The second-order valence-corrected chi connectivity index (χ2v) is 5.97. The van der Waals surface area contributed by atoms with Gasteiger partial charge in [-0.15, -0.1) is 0 Å². The number of hydrogen-bond acceptors (Lipinski definition) is 1. The van der Waals surface area contributed by atoms with Crippen LogP contribution in [0.3, 0.4) is 0 Å². The van der Waals surface area contributed by atoms with Crippen molar-refractivity contribution in [1.82, 2.24) is 4.90 Å². The zero-order chi connectivity index (χ0) is 13.1. The molecular formula is C18H25N. The Morgan fingerprint density at radius 2 is 1.89 bits per heavy atom. The zero-order valence-corrected chi connectivity index (χ0v) is 12.1. The summed E-state index contributed by atoms with van der Waals surface area (Å²) < 4.78 is 0. The molecule has 102 valence electrons. The summed E-state index contributed by atoms with van der Waals surface area (Å²) in [5.74, 6) is 0. The number of nitrogens with zero attached hydrogens (tertiary/aromatic N) is 1. The van der Waals surface area contributed by atoms with E-state index in [2.05, 4.69) is 42.2 Å². The molecule has 1 heterocycles. The minimum Gasteiger partial charge on any atom is -0.297 e. The van der Waals surface area contributed by atoms with Crippen LogP contribution in [0.15, 0.2) is 29.8 Å². The third-order valence-corrected chi connectivity index (χ3v) is 4.69. The van der Waals surface area contributed by atoms with E-state index in [1.165, 1.54) is 56.3 Å². The van der Waals surface area contributed by atoms with Gasteiger partial charge < -0.3 is 0 Å². The Labute approximate surface area is 117 Å². The summed E-state index contributed by atoms with van der Waals surface area (Å²) in [4.78, 5) is 2.67. The summed E-state index contributed by atoms with van der Waals surface area (Å²) in [6.45, 7) is 4.85. The van der Waals surface area contributed by atoms with Crippen molar-refractivity contribution < 1.29 is 0 Å². The Bertz CT molecular complexity index is 439. The van der Waals surface area contributed by atoms with Gasteiger partial charge in [-0.3, -0.25) is 4.90 Å². The first-order valence-corrected chi connectivity index (χ1v) is 7.90. The van der Waals surface area contributed by atoms with Crippen LogP contribution in [-0.2, 0) is 6.42 Å². The van der Waals surface area contributed by atoms with Crippen molar-refractivity contribution in [2.45, 2.75) is 51.5 Å². The van der Waals surface area contributed by atoms with E-state index in [1.54, 1.807) is 5.57 Å². The minimum atomic E-state index is 0.744. The molecule has 1 aromatic rings. The molecule has 19 heavy (non-hydrogen) atoms. The molecule has 0 N–H and O–H groups in total. The first-order chi connectivity index (χ1) is 9.36. The molecule has 2 aliphatic rings. The summed E-state index contributed by atoms with van der Waals surface area (Å²) in [7, 11) is 0. The maximum atomic E-state index is 2.67. The molecule has 0 aromatic heterocycles. The normalized spacial score (nSPS) is 26.4. The van der Waals surface area contributed by atoms with Crippen LogP contribution < -0.4 is 0 Å². The van der Waals surface area contributed by atoms with Crippen LogP contribution >= 0.6 is 0 Å². The fourth-order valence-electron chi connectivity index (χ4n) is 3.32. The molecule has 1 saturated heterocycles. The van der Waals surface area contributed by atoms with Crippen molar-refractivity contribution in [3.8, 4) is 0 Å². The lowest BCUT2D eigenvalue weighted by molar-refractivity contribution is 0.121. The zero-order valence-electron chi connectivity index (χ0n) is 12.1. The van der Waals surface area contributed by atoms with Crippen LogP contribution in [-0.4, -0.2) is 24.0 Å². The Kier molecular flexibility index (Phi) is 4.03. The predicted molar refractivity (Wildman–Crippen MR) is 82.2 cm³/mol. The Hall–Kier alpha value is -1.08. The van der Waals surface area contributed by atoms with Crippen molar-refractivity contribution >= 4 is 6.08 Å². The van der Waals surface area contributed by atoms with Crippen LogP contribution in [0.1, 0.15) is 50.2 Å². The summed E-state index contributed by atoms with van der Waals surface area (Å²) in [6.07, 6.45) is 10.5. The molecule has 0 radical (unpaired) electrons. The molecule has 1 aromatic carbocycles. The molecular weight excluding hydrogens is 230 g/mol.